The van der Waals surface area contributed by atoms with E-state index in [1.54, 1.807) is 0 Å². The fraction of sp³-hybridized carbons (Fsp3) is 0.833. The van der Waals surface area contributed by atoms with Gasteiger partial charge < -0.3 is 5.73 Å². The third-order valence-corrected chi connectivity index (χ3v) is 5.60. The summed E-state index contributed by atoms with van der Waals surface area (Å²) in [7, 11) is 0. The minimum Gasteiger partial charge on any atom is -0.330 e. The van der Waals surface area contributed by atoms with Gasteiger partial charge in [-0.25, -0.2) is 0 Å². The molecule has 1 aliphatic carbocycles. The van der Waals surface area contributed by atoms with Crippen LogP contribution in [0.2, 0.25) is 0 Å². The second kappa shape index (κ2) is 7.44. The Hall–Kier alpha value is -0.830. The SMILES string of the molecule is CCC(C)n1ccc(CC2CC(C(C)C)CCC2CN)n1. The van der Waals surface area contributed by atoms with E-state index in [0.717, 1.165) is 37.1 Å². The molecule has 120 valence electrons. The first-order valence-corrected chi connectivity index (χ1v) is 8.79. The standard InChI is InChI=1S/C18H33N3/c1-5-14(4)21-9-8-18(20-21)11-17-10-15(13(2)3)6-7-16(17)12-19/h8-9,13-17H,5-7,10-12,19H2,1-4H3. The largest absolute Gasteiger partial charge is 0.330 e. The highest BCUT2D eigenvalue weighted by molar-refractivity contribution is 5.02. The van der Waals surface area contributed by atoms with E-state index in [1.807, 2.05) is 0 Å². The number of nitrogens with zero attached hydrogens (tertiary/aromatic N) is 2. The lowest BCUT2D eigenvalue weighted by molar-refractivity contribution is 0.150. The highest BCUT2D eigenvalue weighted by Gasteiger charge is 2.31. The molecule has 4 unspecified atom stereocenters. The van der Waals surface area contributed by atoms with Crippen molar-refractivity contribution < 1.29 is 0 Å². The Morgan fingerprint density at radius 2 is 2.05 bits per heavy atom. The van der Waals surface area contributed by atoms with E-state index >= 15 is 0 Å². The summed E-state index contributed by atoms with van der Waals surface area (Å²) < 4.78 is 2.12. The van der Waals surface area contributed by atoms with Crippen LogP contribution in [-0.2, 0) is 6.42 Å². The molecule has 1 aliphatic rings. The second-order valence-corrected chi connectivity index (χ2v) is 7.32. The number of hydrogen-bond donors (Lipinski definition) is 1. The van der Waals surface area contributed by atoms with Gasteiger partial charge in [-0.05, 0) is 75.3 Å². The van der Waals surface area contributed by atoms with E-state index in [1.165, 1.54) is 25.0 Å². The molecule has 0 bridgehead atoms. The van der Waals surface area contributed by atoms with Crippen molar-refractivity contribution in [2.24, 2.45) is 29.4 Å². The number of hydrogen-bond acceptors (Lipinski definition) is 2. The molecule has 1 aromatic heterocycles. The third kappa shape index (κ3) is 4.09. The topological polar surface area (TPSA) is 43.8 Å². The number of nitrogens with two attached hydrogens (primary N) is 1. The average Bonchev–Trinajstić information content (AvgIpc) is 2.94. The Morgan fingerprint density at radius 3 is 2.67 bits per heavy atom. The summed E-state index contributed by atoms with van der Waals surface area (Å²) in [5.41, 5.74) is 7.27. The van der Waals surface area contributed by atoms with Crippen molar-refractivity contribution in [3.63, 3.8) is 0 Å². The molecule has 21 heavy (non-hydrogen) atoms. The van der Waals surface area contributed by atoms with Crippen LogP contribution in [0.5, 0.6) is 0 Å². The van der Waals surface area contributed by atoms with E-state index in [9.17, 15) is 0 Å². The van der Waals surface area contributed by atoms with Gasteiger partial charge in [0, 0.05) is 12.2 Å². The molecule has 2 N–H and O–H groups in total. The zero-order chi connectivity index (χ0) is 15.4. The van der Waals surface area contributed by atoms with Crippen LogP contribution >= 0.6 is 0 Å². The summed E-state index contributed by atoms with van der Waals surface area (Å²) in [5, 5.41) is 4.79. The van der Waals surface area contributed by atoms with E-state index in [-0.39, 0.29) is 0 Å². The van der Waals surface area contributed by atoms with Gasteiger partial charge >= 0.3 is 0 Å². The molecule has 0 spiro atoms. The molecule has 0 amide bonds. The maximum absolute atomic E-state index is 6.02. The van der Waals surface area contributed by atoms with Crippen LogP contribution in [0.25, 0.3) is 0 Å². The Labute approximate surface area is 130 Å². The smallest absolute Gasteiger partial charge is 0.0627 e. The highest BCUT2D eigenvalue weighted by Crippen LogP contribution is 2.38. The number of rotatable bonds is 6. The first kappa shape index (κ1) is 16.5. The van der Waals surface area contributed by atoms with Crippen LogP contribution in [0.4, 0.5) is 0 Å². The Balaban J connectivity index is 2.02. The van der Waals surface area contributed by atoms with Crippen LogP contribution in [-0.4, -0.2) is 16.3 Å². The Morgan fingerprint density at radius 1 is 1.29 bits per heavy atom. The molecular formula is C18H33N3. The molecule has 1 saturated carbocycles. The molecule has 4 atom stereocenters. The van der Waals surface area contributed by atoms with Gasteiger partial charge in [-0.3, -0.25) is 4.68 Å². The lowest BCUT2D eigenvalue weighted by atomic mass is 9.69. The van der Waals surface area contributed by atoms with Crippen molar-refractivity contribution in [2.45, 2.75) is 65.8 Å². The maximum atomic E-state index is 6.02. The van der Waals surface area contributed by atoms with Gasteiger partial charge in [0.25, 0.3) is 0 Å². The van der Waals surface area contributed by atoms with Gasteiger partial charge in [0.1, 0.15) is 0 Å². The predicted octanol–water partition coefficient (Wildman–Crippen LogP) is 4.04. The molecular weight excluding hydrogens is 258 g/mol. The van der Waals surface area contributed by atoms with Crippen molar-refractivity contribution >= 4 is 0 Å². The first-order chi connectivity index (χ1) is 10.0. The minimum atomic E-state index is 0.499. The fourth-order valence-electron chi connectivity index (χ4n) is 3.72. The summed E-state index contributed by atoms with van der Waals surface area (Å²) in [5.74, 6) is 3.07. The first-order valence-electron chi connectivity index (χ1n) is 8.79. The van der Waals surface area contributed by atoms with E-state index in [0.29, 0.717) is 12.0 Å². The monoisotopic (exact) mass is 291 g/mol. The zero-order valence-corrected chi connectivity index (χ0v) is 14.3. The molecule has 0 aliphatic heterocycles. The molecule has 3 heteroatoms. The van der Waals surface area contributed by atoms with Gasteiger partial charge in [-0.1, -0.05) is 20.8 Å². The lowest BCUT2D eigenvalue weighted by Crippen LogP contribution is -2.33. The van der Waals surface area contributed by atoms with Crippen molar-refractivity contribution in [3.05, 3.63) is 18.0 Å². The number of aromatic nitrogens is 2. The highest BCUT2D eigenvalue weighted by atomic mass is 15.3. The van der Waals surface area contributed by atoms with Crippen LogP contribution < -0.4 is 5.73 Å². The van der Waals surface area contributed by atoms with Crippen LogP contribution in [0, 0.1) is 23.7 Å². The minimum absolute atomic E-state index is 0.499. The van der Waals surface area contributed by atoms with E-state index < -0.39 is 0 Å². The molecule has 0 saturated heterocycles. The van der Waals surface area contributed by atoms with Crippen molar-refractivity contribution in [2.75, 3.05) is 6.54 Å². The quantitative estimate of drug-likeness (QED) is 0.859. The van der Waals surface area contributed by atoms with Gasteiger partial charge in [0.2, 0.25) is 0 Å². The van der Waals surface area contributed by atoms with Gasteiger partial charge in [0.05, 0.1) is 5.69 Å². The van der Waals surface area contributed by atoms with Gasteiger partial charge in [0.15, 0.2) is 0 Å². The summed E-state index contributed by atoms with van der Waals surface area (Å²) >= 11 is 0. The van der Waals surface area contributed by atoms with E-state index in [4.69, 9.17) is 10.8 Å². The second-order valence-electron chi connectivity index (χ2n) is 7.32. The average molecular weight is 291 g/mol. The lowest BCUT2D eigenvalue weighted by Gasteiger charge is -2.37. The van der Waals surface area contributed by atoms with Crippen LogP contribution in [0.1, 0.15) is 65.1 Å². The molecule has 1 fully saturated rings. The van der Waals surface area contributed by atoms with Crippen molar-refractivity contribution in [3.8, 4) is 0 Å². The summed E-state index contributed by atoms with van der Waals surface area (Å²) in [4.78, 5) is 0. The third-order valence-electron chi connectivity index (χ3n) is 5.60. The van der Waals surface area contributed by atoms with Crippen LogP contribution in [0.3, 0.4) is 0 Å². The molecule has 1 aromatic rings. The van der Waals surface area contributed by atoms with Crippen LogP contribution in [0.15, 0.2) is 12.3 Å². The summed E-state index contributed by atoms with van der Waals surface area (Å²) in [6.45, 7) is 10.0. The molecule has 0 radical (unpaired) electrons. The normalized spacial score (nSPS) is 28.0. The summed E-state index contributed by atoms with van der Waals surface area (Å²) in [6.07, 6.45) is 8.37. The van der Waals surface area contributed by atoms with E-state index in [2.05, 4.69) is 44.6 Å². The summed E-state index contributed by atoms with van der Waals surface area (Å²) in [6, 6.07) is 2.71. The Kier molecular flexibility index (Phi) is 5.86. The zero-order valence-electron chi connectivity index (χ0n) is 14.3. The van der Waals surface area contributed by atoms with Gasteiger partial charge in [-0.2, -0.15) is 5.10 Å². The maximum Gasteiger partial charge on any atom is 0.0627 e. The van der Waals surface area contributed by atoms with Gasteiger partial charge in [-0.15, -0.1) is 0 Å². The van der Waals surface area contributed by atoms with Crippen molar-refractivity contribution in [1.29, 1.82) is 0 Å². The van der Waals surface area contributed by atoms with Crippen molar-refractivity contribution in [1.82, 2.24) is 9.78 Å². The fourth-order valence-corrected chi connectivity index (χ4v) is 3.72. The molecule has 1 heterocycles. The molecule has 2 rings (SSSR count). The Bertz CT molecular complexity index is 424. The molecule has 0 aromatic carbocycles. The molecule has 3 nitrogen and oxygen atoms in total. The predicted molar refractivity (Wildman–Crippen MR) is 89.1 cm³/mol.